The molecule has 4 heterocycles. The van der Waals surface area contributed by atoms with Gasteiger partial charge in [-0.1, -0.05) is 72.8 Å². The van der Waals surface area contributed by atoms with Gasteiger partial charge >= 0.3 is 59.1 Å². The smallest absolute Gasteiger partial charge is 0.744 e. The first-order chi connectivity index (χ1) is 29.9. The van der Waals surface area contributed by atoms with E-state index in [-0.39, 0.29) is 94.0 Å². The molecule has 0 radical (unpaired) electrons. The SMILES string of the molecule is O=S(=O)([O-])C1=C(C=Cc2ccccc2S(=O)(=O)[O-])C=CC(Nc2nc(Nc3ccccc3)nc(N3CCOCC3)n2)(Nc2nc(Nc3ccccc3)nc(N3CCOCC3)n2)C1.[Na+].[Na+]. The van der Waals surface area contributed by atoms with E-state index in [0.29, 0.717) is 75.9 Å². The molecule has 4 N–H and O–H groups in total. The minimum atomic E-state index is -5.23. The van der Waals surface area contributed by atoms with Crippen LogP contribution in [0.5, 0.6) is 0 Å². The van der Waals surface area contributed by atoms with E-state index in [4.69, 9.17) is 19.4 Å². The van der Waals surface area contributed by atoms with E-state index in [9.17, 15) is 25.9 Å². The van der Waals surface area contributed by atoms with Gasteiger partial charge in [-0.25, -0.2) is 16.8 Å². The standard InChI is InChI=1S/C40H42N12O8S2.2Na/c53-61(54,55)32-14-8-7-9-28(32)15-16-29-17-18-40(27-33(29)62(56,57)58,49-36-43-34(41-30-10-3-1-4-11-30)45-38(47-36)51-19-23-59-24-20-51)50-37-44-35(42-31-12-5-2-6-13-31)46-39(48-37)52-21-25-60-26-22-52;;/h1-18H,19-27H2,(H,53,54,55)(H,56,57,58)(H2,41,43,45,47,49)(H2,42,44,46,48,50);;/q;2*+1/p-2. The average molecular weight is 927 g/mol. The number of para-hydroxylation sites is 2. The number of anilines is 8. The molecule has 2 saturated heterocycles. The van der Waals surface area contributed by atoms with Crippen LogP contribution in [-0.2, 0) is 29.7 Å². The predicted molar refractivity (Wildman–Crippen MR) is 229 cm³/mol. The van der Waals surface area contributed by atoms with Gasteiger partial charge in [-0.2, -0.15) is 29.9 Å². The molecule has 0 atom stereocenters. The van der Waals surface area contributed by atoms with Crippen molar-refractivity contribution in [2.45, 2.75) is 17.0 Å². The molecule has 20 nitrogen and oxygen atoms in total. The van der Waals surface area contributed by atoms with Crippen LogP contribution in [0.25, 0.3) is 6.08 Å². The third-order valence-corrected chi connectivity index (χ3v) is 11.7. The third-order valence-electron chi connectivity index (χ3n) is 9.81. The summed E-state index contributed by atoms with van der Waals surface area (Å²) in [4.78, 5) is 30.9. The normalized spacial score (nSPS) is 16.4. The van der Waals surface area contributed by atoms with Gasteiger partial charge in [0.05, 0.1) is 31.3 Å². The van der Waals surface area contributed by atoms with Crippen LogP contribution in [0.4, 0.5) is 47.1 Å². The maximum atomic E-state index is 13.2. The molecule has 24 heteroatoms. The number of benzene rings is 3. The van der Waals surface area contributed by atoms with Gasteiger partial charge < -0.3 is 49.6 Å². The van der Waals surface area contributed by atoms with Crippen LogP contribution < -0.4 is 90.2 Å². The number of rotatable bonds is 14. The second-order valence-electron chi connectivity index (χ2n) is 14.1. The number of hydrogen-bond acceptors (Lipinski definition) is 20. The first kappa shape index (κ1) is 48.9. The molecule has 1 aliphatic carbocycles. The second kappa shape index (κ2) is 21.6. The molecule has 0 unspecified atom stereocenters. The molecular formula is C40H40N12Na2O8S2. The molecule has 3 aromatic carbocycles. The van der Waals surface area contributed by atoms with Crippen molar-refractivity contribution in [2.75, 3.05) is 83.7 Å². The maximum Gasteiger partial charge on any atom is 1.00 e. The van der Waals surface area contributed by atoms with Crippen molar-refractivity contribution in [3.05, 3.63) is 119 Å². The molecule has 322 valence electrons. The van der Waals surface area contributed by atoms with E-state index in [1.807, 2.05) is 70.5 Å². The summed E-state index contributed by atoms with van der Waals surface area (Å²) in [6.07, 6.45) is 4.89. The van der Waals surface area contributed by atoms with Gasteiger partial charge in [0.2, 0.25) is 35.7 Å². The number of nitrogens with one attached hydrogen (secondary N) is 4. The van der Waals surface area contributed by atoms with Gasteiger partial charge in [0.1, 0.15) is 25.9 Å². The number of aromatic nitrogens is 6. The van der Waals surface area contributed by atoms with E-state index < -0.39 is 42.1 Å². The molecule has 0 amide bonds. The summed E-state index contributed by atoms with van der Waals surface area (Å²) in [5.41, 5.74) is -0.426. The molecule has 2 aromatic heterocycles. The average Bonchev–Trinajstić information content (AvgIpc) is 3.26. The number of nitrogens with zero attached hydrogens (tertiary/aromatic N) is 8. The van der Waals surface area contributed by atoms with Crippen molar-refractivity contribution in [3.63, 3.8) is 0 Å². The minimum absolute atomic E-state index is 0. The van der Waals surface area contributed by atoms with Crippen LogP contribution in [0.1, 0.15) is 12.0 Å². The molecule has 8 rings (SSSR count). The summed E-state index contributed by atoms with van der Waals surface area (Å²) in [7, 11) is -10.1. The molecule has 2 aliphatic heterocycles. The van der Waals surface area contributed by atoms with E-state index in [1.54, 1.807) is 6.08 Å². The molecule has 0 bridgehead atoms. The Hall–Kier alpha value is -4.56. The number of ether oxygens (including phenoxy) is 2. The Labute approximate surface area is 414 Å². The van der Waals surface area contributed by atoms with Crippen molar-refractivity contribution in [1.82, 2.24) is 29.9 Å². The van der Waals surface area contributed by atoms with E-state index in [2.05, 4.69) is 41.2 Å². The zero-order valence-corrected chi connectivity index (χ0v) is 40.5. The fraction of sp³-hybridized carbons (Fsp3) is 0.250. The van der Waals surface area contributed by atoms with Crippen molar-refractivity contribution in [2.24, 2.45) is 0 Å². The van der Waals surface area contributed by atoms with Gasteiger partial charge in [-0.15, -0.1) is 0 Å². The molecule has 3 aliphatic rings. The Morgan fingerprint density at radius 2 is 1.03 bits per heavy atom. The zero-order valence-electron chi connectivity index (χ0n) is 34.9. The van der Waals surface area contributed by atoms with Gasteiger partial charge in [-0.05, 0) is 47.5 Å². The fourth-order valence-electron chi connectivity index (χ4n) is 6.81. The Morgan fingerprint density at radius 3 is 1.50 bits per heavy atom. The topological polar surface area (TPSA) is 265 Å². The number of hydrogen-bond donors (Lipinski definition) is 4. The second-order valence-corrected chi connectivity index (χ2v) is 16.9. The van der Waals surface area contributed by atoms with Crippen LogP contribution >= 0.6 is 0 Å². The Bertz CT molecular complexity index is 2620. The first-order valence-corrected chi connectivity index (χ1v) is 22.2. The van der Waals surface area contributed by atoms with E-state index in [0.717, 1.165) is 6.07 Å². The summed E-state index contributed by atoms with van der Waals surface area (Å²) >= 11 is 0. The minimum Gasteiger partial charge on any atom is -0.744 e. The van der Waals surface area contributed by atoms with E-state index in [1.165, 1.54) is 36.4 Å². The Balaban J connectivity index is 0.00000340. The quantitative estimate of drug-likeness (QED) is 0.0524. The summed E-state index contributed by atoms with van der Waals surface area (Å²) in [5, 5.41) is 12.9. The van der Waals surface area contributed by atoms with Crippen LogP contribution in [0.3, 0.4) is 0 Å². The van der Waals surface area contributed by atoms with Crippen molar-refractivity contribution < 1.29 is 94.5 Å². The largest absolute Gasteiger partial charge is 1.00 e. The summed E-state index contributed by atoms with van der Waals surface area (Å²) in [5.74, 6) is 0.892. The fourth-order valence-corrected chi connectivity index (χ4v) is 8.31. The van der Waals surface area contributed by atoms with Gasteiger partial charge in [0, 0.05) is 48.9 Å². The zero-order chi connectivity index (χ0) is 43.2. The molecular weight excluding hydrogens is 887 g/mol. The molecule has 0 spiro atoms. The Kier molecular flexibility index (Phi) is 16.5. The van der Waals surface area contributed by atoms with Crippen LogP contribution in [-0.4, -0.2) is 114 Å². The summed E-state index contributed by atoms with van der Waals surface area (Å²) in [6, 6.07) is 23.9. The van der Waals surface area contributed by atoms with Crippen LogP contribution in [0.2, 0.25) is 0 Å². The number of allylic oxidation sites excluding steroid dienone is 3. The van der Waals surface area contributed by atoms with Crippen molar-refractivity contribution >= 4 is 73.4 Å². The van der Waals surface area contributed by atoms with E-state index >= 15 is 0 Å². The summed E-state index contributed by atoms with van der Waals surface area (Å²) in [6.45, 7) is 3.68. The van der Waals surface area contributed by atoms with Gasteiger partial charge in [-0.3, -0.25) is 0 Å². The molecule has 2 fully saturated rings. The first-order valence-electron chi connectivity index (χ1n) is 19.4. The van der Waals surface area contributed by atoms with Gasteiger partial charge in [0.15, 0.2) is 0 Å². The van der Waals surface area contributed by atoms with Crippen LogP contribution in [0, 0.1) is 0 Å². The third kappa shape index (κ3) is 12.6. The molecule has 64 heavy (non-hydrogen) atoms. The predicted octanol–water partition coefficient (Wildman–Crippen LogP) is -2.18. The van der Waals surface area contributed by atoms with Crippen molar-refractivity contribution in [1.29, 1.82) is 0 Å². The molecule has 5 aromatic rings. The maximum absolute atomic E-state index is 13.2. The summed E-state index contributed by atoms with van der Waals surface area (Å²) < 4.78 is 86.9. The van der Waals surface area contributed by atoms with Crippen LogP contribution in [0.15, 0.2) is 119 Å². The Morgan fingerprint density at radius 1 is 0.578 bits per heavy atom. The molecule has 0 saturated carbocycles. The number of morpholine rings is 2. The van der Waals surface area contributed by atoms with Gasteiger partial charge in [0.25, 0.3) is 0 Å². The van der Waals surface area contributed by atoms with Crippen molar-refractivity contribution in [3.8, 4) is 0 Å². The monoisotopic (exact) mass is 926 g/mol.